The first-order valence-electron chi connectivity index (χ1n) is 6.18. The van der Waals surface area contributed by atoms with Crippen molar-refractivity contribution in [2.24, 2.45) is 11.1 Å². The van der Waals surface area contributed by atoms with Crippen molar-refractivity contribution in [3.05, 3.63) is 40.9 Å². The Balaban J connectivity index is 2.30. The van der Waals surface area contributed by atoms with Crippen molar-refractivity contribution in [1.29, 1.82) is 0 Å². The average molecular weight is 245 g/mol. The first-order chi connectivity index (χ1) is 8.53. The van der Waals surface area contributed by atoms with Gasteiger partial charge in [0.2, 0.25) is 0 Å². The third kappa shape index (κ3) is 2.59. The number of para-hydroxylation sites is 1. The maximum atomic E-state index is 12.2. The molecule has 0 bridgehead atoms. The topological polar surface area (TPSA) is 60.9 Å². The maximum Gasteiger partial charge on any atom is 0.261 e. The molecule has 0 unspecified atom stereocenters. The molecule has 0 aliphatic heterocycles. The maximum absolute atomic E-state index is 12.2. The fraction of sp³-hybridized carbons (Fsp3) is 0.429. The van der Waals surface area contributed by atoms with Gasteiger partial charge in [-0.25, -0.2) is 4.98 Å². The number of aryl methyl sites for hydroxylation is 1. The molecule has 4 nitrogen and oxygen atoms in total. The molecule has 0 radical (unpaired) electrons. The molecule has 0 amide bonds. The zero-order chi connectivity index (χ0) is 13.2. The number of aromatic nitrogens is 2. The van der Waals surface area contributed by atoms with Gasteiger partial charge in [-0.15, -0.1) is 0 Å². The summed E-state index contributed by atoms with van der Waals surface area (Å²) in [7, 11) is 0. The number of nitrogens with zero attached hydrogens (tertiary/aromatic N) is 2. The molecular weight excluding hydrogens is 226 g/mol. The number of rotatable bonds is 4. The molecule has 0 spiro atoms. The number of hydrogen-bond donors (Lipinski definition) is 1. The van der Waals surface area contributed by atoms with Crippen molar-refractivity contribution in [2.75, 3.05) is 6.54 Å². The third-order valence-electron chi connectivity index (χ3n) is 3.31. The van der Waals surface area contributed by atoms with Crippen LogP contribution in [0.4, 0.5) is 0 Å². The first kappa shape index (κ1) is 12.8. The van der Waals surface area contributed by atoms with E-state index in [1.54, 1.807) is 10.9 Å². The standard InChI is InChI=1S/C14H19N3O/c1-14(2,9-15)7-8-17-10-16-12-6-4-3-5-11(12)13(17)18/h3-6,10H,7-9,15H2,1-2H3. The van der Waals surface area contributed by atoms with E-state index in [2.05, 4.69) is 18.8 Å². The van der Waals surface area contributed by atoms with Crippen LogP contribution in [0.2, 0.25) is 0 Å². The Morgan fingerprint density at radius 2 is 2.06 bits per heavy atom. The van der Waals surface area contributed by atoms with E-state index in [-0.39, 0.29) is 11.0 Å². The summed E-state index contributed by atoms with van der Waals surface area (Å²) in [4.78, 5) is 16.5. The van der Waals surface area contributed by atoms with E-state index in [1.165, 1.54) is 0 Å². The zero-order valence-corrected chi connectivity index (χ0v) is 10.9. The molecule has 2 rings (SSSR count). The van der Waals surface area contributed by atoms with Gasteiger partial charge >= 0.3 is 0 Å². The van der Waals surface area contributed by atoms with Crippen LogP contribution in [0, 0.1) is 5.41 Å². The van der Waals surface area contributed by atoms with Crippen LogP contribution >= 0.6 is 0 Å². The van der Waals surface area contributed by atoms with E-state index in [9.17, 15) is 4.79 Å². The van der Waals surface area contributed by atoms with E-state index in [1.807, 2.05) is 24.3 Å². The van der Waals surface area contributed by atoms with Crippen LogP contribution in [0.15, 0.2) is 35.4 Å². The Kier molecular flexibility index (Phi) is 3.48. The number of hydrogen-bond acceptors (Lipinski definition) is 3. The fourth-order valence-electron chi connectivity index (χ4n) is 1.79. The van der Waals surface area contributed by atoms with E-state index in [0.29, 0.717) is 18.5 Å². The van der Waals surface area contributed by atoms with Gasteiger partial charge in [0, 0.05) is 6.54 Å². The van der Waals surface area contributed by atoms with Gasteiger partial charge < -0.3 is 5.73 Å². The third-order valence-corrected chi connectivity index (χ3v) is 3.31. The van der Waals surface area contributed by atoms with Crippen LogP contribution in [0.1, 0.15) is 20.3 Å². The van der Waals surface area contributed by atoms with Crippen molar-refractivity contribution < 1.29 is 0 Å². The molecule has 96 valence electrons. The lowest BCUT2D eigenvalue weighted by Gasteiger charge is -2.22. The van der Waals surface area contributed by atoms with Crippen LogP contribution in [-0.2, 0) is 6.54 Å². The van der Waals surface area contributed by atoms with Crippen molar-refractivity contribution in [2.45, 2.75) is 26.8 Å². The summed E-state index contributed by atoms with van der Waals surface area (Å²) in [5.41, 5.74) is 6.51. The zero-order valence-electron chi connectivity index (χ0n) is 10.9. The van der Waals surface area contributed by atoms with Gasteiger partial charge in [0.15, 0.2) is 0 Å². The Hall–Kier alpha value is -1.68. The van der Waals surface area contributed by atoms with Crippen LogP contribution < -0.4 is 11.3 Å². The Labute approximate surface area is 106 Å². The first-order valence-corrected chi connectivity index (χ1v) is 6.18. The lowest BCUT2D eigenvalue weighted by Crippen LogP contribution is -2.28. The van der Waals surface area contributed by atoms with Crippen LogP contribution in [0.5, 0.6) is 0 Å². The molecular formula is C14H19N3O. The molecule has 0 aliphatic rings. The summed E-state index contributed by atoms with van der Waals surface area (Å²) in [6.07, 6.45) is 2.49. The Bertz CT molecular complexity index is 601. The predicted octanol–water partition coefficient (Wildman–Crippen LogP) is 1.77. The van der Waals surface area contributed by atoms with E-state index >= 15 is 0 Å². The SMILES string of the molecule is CC(C)(CN)CCn1cnc2ccccc2c1=O. The second kappa shape index (κ2) is 4.90. The highest BCUT2D eigenvalue weighted by atomic mass is 16.1. The van der Waals surface area contributed by atoms with E-state index in [0.717, 1.165) is 11.9 Å². The summed E-state index contributed by atoms with van der Waals surface area (Å²) in [6.45, 7) is 5.47. The normalized spacial score (nSPS) is 11.9. The average Bonchev–Trinajstić information content (AvgIpc) is 2.38. The number of nitrogens with two attached hydrogens (primary N) is 1. The summed E-state index contributed by atoms with van der Waals surface area (Å²) in [6, 6.07) is 7.41. The highest BCUT2D eigenvalue weighted by Crippen LogP contribution is 2.18. The Morgan fingerprint density at radius 1 is 1.33 bits per heavy atom. The molecule has 0 aliphatic carbocycles. The van der Waals surface area contributed by atoms with Crippen LogP contribution in [0.3, 0.4) is 0 Å². The molecule has 1 aromatic carbocycles. The van der Waals surface area contributed by atoms with E-state index < -0.39 is 0 Å². The molecule has 0 atom stereocenters. The molecule has 0 saturated heterocycles. The van der Waals surface area contributed by atoms with Crippen molar-refractivity contribution in [3.8, 4) is 0 Å². The van der Waals surface area contributed by atoms with Gasteiger partial charge in [-0.05, 0) is 30.5 Å². The predicted molar refractivity (Wildman–Crippen MR) is 73.5 cm³/mol. The molecule has 4 heteroatoms. The van der Waals surface area contributed by atoms with Gasteiger partial charge in [0.1, 0.15) is 0 Å². The van der Waals surface area contributed by atoms with Crippen molar-refractivity contribution >= 4 is 10.9 Å². The van der Waals surface area contributed by atoms with Gasteiger partial charge in [0.05, 0.1) is 17.2 Å². The molecule has 1 aromatic heterocycles. The minimum atomic E-state index is 0.0217. The minimum Gasteiger partial charge on any atom is -0.330 e. The van der Waals surface area contributed by atoms with E-state index in [4.69, 9.17) is 5.73 Å². The highest BCUT2D eigenvalue weighted by Gasteiger charge is 2.15. The second-order valence-corrected chi connectivity index (χ2v) is 5.38. The molecule has 18 heavy (non-hydrogen) atoms. The van der Waals surface area contributed by atoms with Crippen molar-refractivity contribution in [1.82, 2.24) is 9.55 Å². The summed E-state index contributed by atoms with van der Waals surface area (Å²) in [5, 5.41) is 0.672. The molecule has 2 N–H and O–H groups in total. The van der Waals surface area contributed by atoms with Crippen LogP contribution in [0.25, 0.3) is 10.9 Å². The number of benzene rings is 1. The highest BCUT2D eigenvalue weighted by molar-refractivity contribution is 5.76. The molecule has 0 saturated carbocycles. The smallest absolute Gasteiger partial charge is 0.261 e. The van der Waals surface area contributed by atoms with Crippen molar-refractivity contribution in [3.63, 3.8) is 0 Å². The number of fused-ring (bicyclic) bond motifs is 1. The lowest BCUT2D eigenvalue weighted by atomic mass is 9.90. The Morgan fingerprint density at radius 3 is 2.78 bits per heavy atom. The van der Waals surface area contributed by atoms with Gasteiger partial charge in [-0.1, -0.05) is 26.0 Å². The quantitative estimate of drug-likeness (QED) is 0.893. The lowest BCUT2D eigenvalue weighted by molar-refractivity contribution is 0.322. The molecule has 0 fully saturated rings. The minimum absolute atomic E-state index is 0.0217. The summed E-state index contributed by atoms with van der Waals surface area (Å²) < 4.78 is 1.67. The second-order valence-electron chi connectivity index (χ2n) is 5.38. The fourth-order valence-corrected chi connectivity index (χ4v) is 1.79. The molecule has 1 heterocycles. The van der Waals surface area contributed by atoms with Gasteiger partial charge in [-0.3, -0.25) is 9.36 Å². The van der Waals surface area contributed by atoms with Gasteiger partial charge in [-0.2, -0.15) is 0 Å². The summed E-state index contributed by atoms with van der Waals surface area (Å²) >= 11 is 0. The monoisotopic (exact) mass is 245 g/mol. The van der Waals surface area contributed by atoms with Gasteiger partial charge in [0.25, 0.3) is 5.56 Å². The largest absolute Gasteiger partial charge is 0.330 e. The molecule has 2 aromatic rings. The van der Waals surface area contributed by atoms with Crippen LogP contribution in [-0.4, -0.2) is 16.1 Å². The summed E-state index contributed by atoms with van der Waals surface area (Å²) in [5.74, 6) is 0.